The molecule has 2 aromatic rings. The van der Waals surface area contributed by atoms with E-state index >= 15 is 0 Å². The molecule has 0 radical (unpaired) electrons. The van der Waals surface area contributed by atoms with Gasteiger partial charge in [-0.2, -0.15) is 4.31 Å². The van der Waals surface area contributed by atoms with Gasteiger partial charge in [0.1, 0.15) is 5.75 Å². The zero-order valence-electron chi connectivity index (χ0n) is 15.5. The Kier molecular flexibility index (Phi) is 6.18. The topological polar surface area (TPSA) is 75.7 Å². The van der Waals surface area contributed by atoms with Crippen LogP contribution in [0, 0.1) is 5.92 Å². The fourth-order valence-electron chi connectivity index (χ4n) is 2.96. The third kappa shape index (κ3) is 4.69. The summed E-state index contributed by atoms with van der Waals surface area (Å²) in [4.78, 5) is 13.0. The van der Waals surface area contributed by atoms with Gasteiger partial charge in [0.2, 0.25) is 10.0 Å². The van der Waals surface area contributed by atoms with Crippen molar-refractivity contribution in [3.8, 4) is 5.75 Å². The van der Waals surface area contributed by atoms with Crippen molar-refractivity contribution in [3.05, 3.63) is 46.2 Å². The lowest BCUT2D eigenvalue weighted by Crippen LogP contribution is -2.37. The first-order chi connectivity index (χ1) is 12.9. The second kappa shape index (κ2) is 8.41. The molecule has 3 rings (SSSR count). The molecule has 0 spiro atoms. The van der Waals surface area contributed by atoms with Crippen LogP contribution in [0.5, 0.6) is 5.75 Å². The van der Waals surface area contributed by atoms with Gasteiger partial charge in [-0.3, -0.25) is 4.79 Å². The summed E-state index contributed by atoms with van der Waals surface area (Å²) >= 11 is 1.15. The molecular weight excluding hydrogens is 384 g/mol. The Morgan fingerprint density at radius 3 is 2.56 bits per heavy atom. The maximum atomic E-state index is 12.8. The molecule has 146 valence electrons. The van der Waals surface area contributed by atoms with Crippen LogP contribution in [-0.2, 0) is 16.6 Å². The number of benzene rings is 1. The van der Waals surface area contributed by atoms with Crippen molar-refractivity contribution < 1.29 is 17.9 Å². The van der Waals surface area contributed by atoms with Gasteiger partial charge in [0.05, 0.1) is 16.9 Å². The van der Waals surface area contributed by atoms with E-state index in [0.29, 0.717) is 30.4 Å². The largest absolute Gasteiger partial charge is 0.497 e. The first-order valence-electron chi connectivity index (χ1n) is 8.90. The number of hydrogen-bond donors (Lipinski definition) is 1. The highest BCUT2D eigenvalue weighted by molar-refractivity contribution is 7.89. The van der Waals surface area contributed by atoms with Crippen molar-refractivity contribution in [1.82, 2.24) is 9.62 Å². The Morgan fingerprint density at radius 1 is 1.26 bits per heavy atom. The summed E-state index contributed by atoms with van der Waals surface area (Å²) in [5, 5.41) is 4.38. The fraction of sp³-hybridized carbons (Fsp3) is 0.421. The minimum absolute atomic E-state index is 0.205. The maximum absolute atomic E-state index is 12.8. The molecule has 1 saturated heterocycles. The number of sulfonamides is 1. The summed E-state index contributed by atoms with van der Waals surface area (Å²) in [7, 11) is -1.92. The van der Waals surface area contributed by atoms with Crippen molar-refractivity contribution in [1.29, 1.82) is 0 Å². The van der Waals surface area contributed by atoms with Crippen molar-refractivity contribution in [2.75, 3.05) is 20.2 Å². The fourth-order valence-corrected chi connectivity index (χ4v) is 5.61. The Hall–Kier alpha value is -1.90. The Labute approximate surface area is 164 Å². The number of thiophene rings is 1. The monoisotopic (exact) mass is 408 g/mol. The first kappa shape index (κ1) is 19.9. The van der Waals surface area contributed by atoms with E-state index in [0.717, 1.165) is 35.5 Å². The van der Waals surface area contributed by atoms with Crippen LogP contribution in [0.3, 0.4) is 0 Å². The minimum atomic E-state index is -3.52. The molecule has 1 aliphatic rings. The molecule has 0 bridgehead atoms. The number of piperidine rings is 1. The zero-order chi connectivity index (χ0) is 19.4. The minimum Gasteiger partial charge on any atom is -0.497 e. The number of amides is 1. The van der Waals surface area contributed by atoms with E-state index in [1.807, 2.05) is 24.3 Å². The molecule has 2 heterocycles. The lowest BCUT2D eigenvalue weighted by Gasteiger charge is -2.29. The maximum Gasteiger partial charge on any atom is 0.261 e. The van der Waals surface area contributed by atoms with Gasteiger partial charge in [-0.1, -0.05) is 19.1 Å². The highest BCUT2D eigenvalue weighted by Crippen LogP contribution is 2.26. The van der Waals surface area contributed by atoms with E-state index in [-0.39, 0.29) is 10.8 Å². The molecule has 1 aromatic carbocycles. The smallest absolute Gasteiger partial charge is 0.261 e. The summed E-state index contributed by atoms with van der Waals surface area (Å²) in [5.74, 6) is 1.04. The predicted molar refractivity (Wildman–Crippen MR) is 106 cm³/mol. The molecule has 0 atom stereocenters. The number of ether oxygens (including phenoxy) is 1. The molecule has 1 aromatic heterocycles. The highest BCUT2D eigenvalue weighted by Gasteiger charge is 2.29. The number of methoxy groups -OCH3 is 1. The average Bonchev–Trinajstić information content (AvgIpc) is 3.18. The van der Waals surface area contributed by atoms with E-state index < -0.39 is 10.0 Å². The summed E-state index contributed by atoms with van der Waals surface area (Å²) in [6, 6.07) is 8.89. The normalized spacial score (nSPS) is 16.2. The van der Waals surface area contributed by atoms with Gasteiger partial charge in [-0.25, -0.2) is 8.42 Å². The number of nitrogens with zero attached hydrogens (tertiary/aromatic N) is 1. The third-order valence-electron chi connectivity index (χ3n) is 4.79. The second-order valence-electron chi connectivity index (χ2n) is 6.76. The number of carbonyl (C=O) groups excluding carboxylic acids is 1. The molecule has 27 heavy (non-hydrogen) atoms. The average molecular weight is 409 g/mol. The number of rotatable bonds is 6. The van der Waals surface area contributed by atoms with Gasteiger partial charge in [0.15, 0.2) is 0 Å². The van der Waals surface area contributed by atoms with Crippen LogP contribution in [0.4, 0.5) is 0 Å². The van der Waals surface area contributed by atoms with Crippen molar-refractivity contribution >= 4 is 27.3 Å². The molecule has 1 aliphatic heterocycles. The van der Waals surface area contributed by atoms with Crippen LogP contribution in [0.1, 0.15) is 35.0 Å². The molecule has 0 unspecified atom stereocenters. The standard InChI is InChI=1S/C19H24N2O4S2/c1-14-7-9-21(10-8-14)27(23,24)17-11-18(26-13-17)19(22)20-12-15-3-5-16(25-2)6-4-15/h3-6,11,13-14H,7-10,12H2,1-2H3,(H,20,22). The van der Waals surface area contributed by atoms with E-state index in [1.54, 1.807) is 12.5 Å². The van der Waals surface area contributed by atoms with Gasteiger partial charge in [-0.15, -0.1) is 11.3 Å². The Morgan fingerprint density at radius 2 is 1.93 bits per heavy atom. The number of nitrogens with one attached hydrogen (secondary N) is 1. The zero-order valence-corrected chi connectivity index (χ0v) is 17.1. The summed E-state index contributed by atoms with van der Waals surface area (Å²) in [5.41, 5.74) is 0.941. The molecular formula is C19H24N2O4S2. The molecule has 1 amide bonds. The molecule has 0 aliphatic carbocycles. The van der Waals surface area contributed by atoms with Gasteiger partial charge in [0, 0.05) is 25.0 Å². The Bertz CT molecular complexity index is 883. The van der Waals surface area contributed by atoms with Crippen LogP contribution in [0.25, 0.3) is 0 Å². The van der Waals surface area contributed by atoms with Crippen LogP contribution in [-0.4, -0.2) is 38.8 Å². The summed E-state index contributed by atoms with van der Waals surface area (Å²) in [6.07, 6.45) is 1.75. The summed E-state index contributed by atoms with van der Waals surface area (Å²) < 4.78 is 32.1. The lowest BCUT2D eigenvalue weighted by molar-refractivity contribution is 0.0955. The number of carbonyl (C=O) groups is 1. The molecule has 1 fully saturated rings. The molecule has 8 heteroatoms. The van der Waals surface area contributed by atoms with E-state index in [2.05, 4.69) is 12.2 Å². The quantitative estimate of drug-likeness (QED) is 0.797. The van der Waals surface area contributed by atoms with Gasteiger partial charge >= 0.3 is 0 Å². The van der Waals surface area contributed by atoms with Crippen LogP contribution in [0.2, 0.25) is 0 Å². The SMILES string of the molecule is COc1ccc(CNC(=O)c2cc(S(=O)(=O)N3CCC(C)CC3)cs2)cc1. The molecule has 1 N–H and O–H groups in total. The van der Waals surface area contributed by atoms with Gasteiger partial charge in [-0.05, 0) is 42.5 Å². The van der Waals surface area contributed by atoms with Crippen molar-refractivity contribution in [3.63, 3.8) is 0 Å². The van der Waals surface area contributed by atoms with Crippen LogP contribution >= 0.6 is 11.3 Å². The molecule has 6 nitrogen and oxygen atoms in total. The van der Waals surface area contributed by atoms with Crippen molar-refractivity contribution in [2.45, 2.75) is 31.2 Å². The summed E-state index contributed by atoms with van der Waals surface area (Å²) in [6.45, 7) is 3.59. The highest BCUT2D eigenvalue weighted by atomic mass is 32.2. The van der Waals surface area contributed by atoms with Crippen LogP contribution in [0.15, 0.2) is 40.6 Å². The Balaban J connectivity index is 1.63. The van der Waals surface area contributed by atoms with Gasteiger partial charge in [0.25, 0.3) is 5.91 Å². The predicted octanol–water partition coefficient (Wildman–Crippen LogP) is 3.11. The van der Waals surface area contributed by atoms with E-state index in [1.165, 1.54) is 10.4 Å². The van der Waals surface area contributed by atoms with Crippen LogP contribution < -0.4 is 10.1 Å². The van der Waals surface area contributed by atoms with Gasteiger partial charge < -0.3 is 10.1 Å². The molecule has 0 saturated carbocycles. The van der Waals surface area contributed by atoms with E-state index in [9.17, 15) is 13.2 Å². The third-order valence-corrected chi connectivity index (χ3v) is 7.75. The van der Waals surface area contributed by atoms with E-state index in [4.69, 9.17) is 4.74 Å². The lowest BCUT2D eigenvalue weighted by atomic mass is 10.0. The number of hydrogen-bond acceptors (Lipinski definition) is 5. The second-order valence-corrected chi connectivity index (χ2v) is 9.61. The van der Waals surface area contributed by atoms with Crippen molar-refractivity contribution in [2.24, 2.45) is 5.92 Å². The first-order valence-corrected chi connectivity index (χ1v) is 11.2.